The highest BCUT2D eigenvalue weighted by Gasteiger charge is 2.16. The third kappa shape index (κ3) is 2.71. The number of rotatable bonds is 4. The van der Waals surface area contributed by atoms with Crippen LogP contribution in [0.5, 0.6) is 0 Å². The molecule has 0 saturated heterocycles. The number of aromatic nitrogens is 3. The molecule has 2 aromatic heterocycles. The smallest absolute Gasteiger partial charge is 0.325 e. The number of hydrogen-bond acceptors (Lipinski definition) is 4. The molecule has 0 fully saturated rings. The number of ketones is 1. The molecule has 0 aliphatic rings. The molecule has 0 aliphatic heterocycles. The second kappa shape index (κ2) is 6.07. The van der Waals surface area contributed by atoms with Gasteiger partial charge in [0.15, 0.2) is 5.78 Å². The number of nitrogens with zero attached hydrogens (tertiary/aromatic N) is 3. The van der Waals surface area contributed by atoms with Gasteiger partial charge < -0.3 is 5.11 Å². The molecule has 0 amide bonds. The second-order valence-electron chi connectivity index (χ2n) is 6.10. The van der Waals surface area contributed by atoms with Gasteiger partial charge in [-0.15, -0.1) is 0 Å². The van der Waals surface area contributed by atoms with E-state index in [1.807, 2.05) is 42.5 Å². The van der Waals surface area contributed by atoms with Crippen LogP contribution in [-0.2, 0) is 11.3 Å². The third-order valence-electron chi connectivity index (χ3n) is 4.31. The number of carboxylic acids is 1. The van der Waals surface area contributed by atoms with Gasteiger partial charge >= 0.3 is 5.97 Å². The molecule has 1 N–H and O–H groups in total. The van der Waals surface area contributed by atoms with Gasteiger partial charge in [0.05, 0.1) is 11.0 Å². The fourth-order valence-corrected chi connectivity index (χ4v) is 3.11. The number of hydrogen-bond donors (Lipinski definition) is 1. The molecule has 0 unspecified atom stereocenters. The highest BCUT2D eigenvalue weighted by Crippen LogP contribution is 2.28. The molecule has 2 heterocycles. The van der Waals surface area contributed by atoms with Crippen molar-refractivity contribution in [3.8, 4) is 11.1 Å². The Morgan fingerprint density at radius 2 is 1.85 bits per heavy atom. The van der Waals surface area contributed by atoms with Crippen LogP contribution in [0.2, 0.25) is 0 Å². The molecular formula is C20H15N3O3. The summed E-state index contributed by atoms with van der Waals surface area (Å²) in [7, 11) is 0. The molecule has 4 aromatic rings. The van der Waals surface area contributed by atoms with E-state index in [0.717, 1.165) is 22.0 Å². The lowest BCUT2D eigenvalue weighted by molar-refractivity contribution is -0.137. The van der Waals surface area contributed by atoms with Crippen molar-refractivity contribution in [2.24, 2.45) is 0 Å². The van der Waals surface area contributed by atoms with Crippen LogP contribution in [0, 0.1) is 0 Å². The molecule has 0 spiro atoms. The summed E-state index contributed by atoms with van der Waals surface area (Å²) in [5.41, 5.74) is 3.68. The molecule has 2 aromatic carbocycles. The lowest BCUT2D eigenvalue weighted by Gasteiger charge is -2.05. The Morgan fingerprint density at radius 1 is 1.08 bits per heavy atom. The average Bonchev–Trinajstić information content (AvgIpc) is 2.99. The zero-order chi connectivity index (χ0) is 18.3. The maximum Gasteiger partial charge on any atom is 0.325 e. The molecule has 0 atom stereocenters. The summed E-state index contributed by atoms with van der Waals surface area (Å²) < 4.78 is 1.35. The Balaban J connectivity index is 1.89. The topological polar surface area (TPSA) is 85.1 Å². The first-order valence-electron chi connectivity index (χ1n) is 8.11. The lowest BCUT2D eigenvalue weighted by Crippen LogP contribution is -2.10. The normalized spacial score (nSPS) is 11.1. The maximum absolute atomic E-state index is 11.9. The van der Waals surface area contributed by atoms with Crippen molar-refractivity contribution >= 4 is 33.6 Å². The molecule has 0 radical (unpaired) electrons. The van der Waals surface area contributed by atoms with Crippen molar-refractivity contribution in [1.29, 1.82) is 0 Å². The molecule has 6 heteroatoms. The van der Waals surface area contributed by atoms with E-state index in [-0.39, 0.29) is 18.0 Å². The first kappa shape index (κ1) is 16.0. The van der Waals surface area contributed by atoms with Crippen LogP contribution in [0.1, 0.15) is 17.4 Å². The molecule has 0 bridgehead atoms. The van der Waals surface area contributed by atoms with Gasteiger partial charge in [-0.25, -0.2) is 0 Å². The van der Waals surface area contributed by atoms with Gasteiger partial charge in [0.25, 0.3) is 0 Å². The predicted molar refractivity (Wildman–Crippen MR) is 98.1 cm³/mol. The van der Waals surface area contributed by atoms with E-state index in [2.05, 4.69) is 10.1 Å². The largest absolute Gasteiger partial charge is 0.480 e. The first-order valence-corrected chi connectivity index (χ1v) is 8.11. The SMILES string of the molecule is CC(=O)c1nn(CC(=O)O)c2ccc(-c3ccc4cccnc4c3)cc12. The van der Waals surface area contributed by atoms with Crippen LogP contribution in [-0.4, -0.2) is 31.6 Å². The standard InChI is InChI=1S/C20H15N3O3/c1-12(24)20-16-9-14(6-7-18(16)23(22-20)11-19(25)26)15-5-4-13-3-2-8-21-17(13)10-15/h2-10H,11H2,1H3,(H,25,26). The fraction of sp³-hybridized carbons (Fsp3) is 0.100. The predicted octanol–water partition coefficient (Wildman–Crippen LogP) is 3.54. The highest BCUT2D eigenvalue weighted by atomic mass is 16.4. The molecule has 0 aliphatic carbocycles. The van der Waals surface area contributed by atoms with Gasteiger partial charge in [0, 0.05) is 23.9 Å². The van der Waals surface area contributed by atoms with E-state index in [0.29, 0.717) is 10.9 Å². The average molecular weight is 345 g/mol. The second-order valence-corrected chi connectivity index (χ2v) is 6.10. The minimum absolute atomic E-state index is 0.198. The minimum atomic E-state index is -1.01. The van der Waals surface area contributed by atoms with Crippen molar-refractivity contribution in [1.82, 2.24) is 14.8 Å². The summed E-state index contributed by atoms with van der Waals surface area (Å²) in [6, 6.07) is 15.5. The van der Waals surface area contributed by atoms with E-state index in [4.69, 9.17) is 5.11 Å². The fourth-order valence-electron chi connectivity index (χ4n) is 3.11. The Bertz CT molecular complexity index is 1180. The summed E-state index contributed by atoms with van der Waals surface area (Å²) >= 11 is 0. The minimum Gasteiger partial charge on any atom is -0.480 e. The number of benzene rings is 2. The van der Waals surface area contributed by atoms with E-state index >= 15 is 0 Å². The number of carboxylic acid groups (broad SMARTS) is 1. The van der Waals surface area contributed by atoms with Crippen LogP contribution in [0.15, 0.2) is 54.7 Å². The van der Waals surface area contributed by atoms with Gasteiger partial charge in [0.1, 0.15) is 12.2 Å². The van der Waals surface area contributed by atoms with Crippen LogP contribution in [0.4, 0.5) is 0 Å². The van der Waals surface area contributed by atoms with E-state index in [1.165, 1.54) is 11.6 Å². The number of carbonyl (C=O) groups excluding carboxylic acids is 1. The highest BCUT2D eigenvalue weighted by molar-refractivity contribution is 6.06. The quantitative estimate of drug-likeness (QED) is 0.572. The zero-order valence-corrected chi connectivity index (χ0v) is 14.0. The van der Waals surface area contributed by atoms with E-state index < -0.39 is 5.97 Å². The van der Waals surface area contributed by atoms with Gasteiger partial charge in [-0.2, -0.15) is 5.10 Å². The van der Waals surface area contributed by atoms with E-state index in [9.17, 15) is 9.59 Å². The maximum atomic E-state index is 11.9. The van der Waals surface area contributed by atoms with Gasteiger partial charge in [-0.3, -0.25) is 19.3 Å². The van der Waals surface area contributed by atoms with Crippen LogP contribution < -0.4 is 0 Å². The van der Waals surface area contributed by atoms with Crippen LogP contribution in [0.25, 0.3) is 32.9 Å². The van der Waals surface area contributed by atoms with Crippen LogP contribution >= 0.6 is 0 Å². The molecular weight excluding hydrogens is 330 g/mol. The summed E-state index contributed by atoms with van der Waals surface area (Å²) in [5.74, 6) is -1.20. The number of fused-ring (bicyclic) bond motifs is 2. The Morgan fingerprint density at radius 3 is 2.62 bits per heavy atom. The van der Waals surface area contributed by atoms with Gasteiger partial charge in [-0.1, -0.05) is 24.3 Å². The Hall–Kier alpha value is -3.54. The number of pyridine rings is 1. The number of aliphatic carboxylic acids is 1. The Kier molecular flexibility index (Phi) is 3.73. The van der Waals surface area contributed by atoms with Crippen molar-refractivity contribution in [2.75, 3.05) is 0 Å². The molecule has 4 rings (SSSR count). The first-order chi connectivity index (χ1) is 12.5. The third-order valence-corrected chi connectivity index (χ3v) is 4.31. The van der Waals surface area contributed by atoms with E-state index in [1.54, 1.807) is 12.3 Å². The summed E-state index contributed by atoms with van der Waals surface area (Å²) in [5, 5.41) is 14.9. The van der Waals surface area contributed by atoms with Crippen molar-refractivity contribution in [3.63, 3.8) is 0 Å². The van der Waals surface area contributed by atoms with Crippen molar-refractivity contribution in [2.45, 2.75) is 13.5 Å². The molecule has 6 nitrogen and oxygen atoms in total. The number of carbonyl (C=O) groups is 2. The van der Waals surface area contributed by atoms with Crippen LogP contribution in [0.3, 0.4) is 0 Å². The molecule has 26 heavy (non-hydrogen) atoms. The Labute approximate surface area is 148 Å². The number of Topliss-reactive ketones (excluding diaryl/α,β-unsaturated/α-hetero) is 1. The molecule has 0 saturated carbocycles. The zero-order valence-electron chi connectivity index (χ0n) is 14.0. The molecule has 128 valence electrons. The summed E-state index contributed by atoms with van der Waals surface area (Å²) in [4.78, 5) is 27.4. The van der Waals surface area contributed by atoms with Crippen molar-refractivity contribution < 1.29 is 14.7 Å². The monoisotopic (exact) mass is 345 g/mol. The van der Waals surface area contributed by atoms with Gasteiger partial charge in [-0.05, 0) is 35.4 Å². The summed E-state index contributed by atoms with van der Waals surface area (Å²) in [6.07, 6.45) is 1.75. The lowest BCUT2D eigenvalue weighted by atomic mass is 10.0. The summed E-state index contributed by atoms with van der Waals surface area (Å²) in [6.45, 7) is 1.14. The van der Waals surface area contributed by atoms with Crippen molar-refractivity contribution in [3.05, 3.63) is 60.4 Å². The van der Waals surface area contributed by atoms with Gasteiger partial charge in [0.2, 0.25) is 0 Å².